The topological polar surface area (TPSA) is 96.1 Å². The molecule has 1 saturated carbocycles. The van der Waals surface area contributed by atoms with Crippen LogP contribution in [0.2, 0.25) is 0 Å². The van der Waals surface area contributed by atoms with Crippen LogP contribution < -0.4 is 16.6 Å². The van der Waals surface area contributed by atoms with Crippen LogP contribution in [0.3, 0.4) is 0 Å². The molecule has 0 radical (unpaired) electrons. The third kappa shape index (κ3) is 2.88. The van der Waals surface area contributed by atoms with E-state index in [1.54, 1.807) is 0 Å². The first-order valence-electron chi connectivity index (χ1n) is 6.42. The highest BCUT2D eigenvalue weighted by Crippen LogP contribution is 2.39. The van der Waals surface area contributed by atoms with Gasteiger partial charge in [-0.3, -0.25) is 0 Å². The molecule has 0 spiro atoms. The second kappa shape index (κ2) is 5.49. The largest absolute Gasteiger partial charge is 0.391 e. The van der Waals surface area contributed by atoms with Gasteiger partial charge in [0.15, 0.2) is 0 Å². The molecule has 0 saturated heterocycles. The third-order valence-corrected chi connectivity index (χ3v) is 3.22. The SMILES string of the molecule is CCC(O)CNc1nc(C2CC2)nc(NN)c1C. The van der Waals surface area contributed by atoms with Crippen LogP contribution in [0.4, 0.5) is 11.6 Å². The molecule has 1 atom stereocenters. The van der Waals surface area contributed by atoms with Gasteiger partial charge in [0.1, 0.15) is 17.5 Å². The minimum Gasteiger partial charge on any atom is -0.391 e. The van der Waals surface area contributed by atoms with Crippen molar-refractivity contribution >= 4 is 11.6 Å². The van der Waals surface area contributed by atoms with Crippen LogP contribution in [0.25, 0.3) is 0 Å². The van der Waals surface area contributed by atoms with E-state index in [0.717, 1.165) is 30.0 Å². The van der Waals surface area contributed by atoms with Gasteiger partial charge < -0.3 is 15.8 Å². The minimum absolute atomic E-state index is 0.363. The fourth-order valence-corrected chi connectivity index (χ4v) is 1.73. The zero-order chi connectivity index (χ0) is 13.1. The molecule has 2 rings (SSSR count). The van der Waals surface area contributed by atoms with Gasteiger partial charge in [0.05, 0.1) is 6.10 Å². The van der Waals surface area contributed by atoms with E-state index in [9.17, 15) is 5.11 Å². The van der Waals surface area contributed by atoms with E-state index in [4.69, 9.17) is 5.84 Å². The Morgan fingerprint density at radius 3 is 2.61 bits per heavy atom. The molecule has 0 bridgehead atoms. The summed E-state index contributed by atoms with van der Waals surface area (Å²) in [5.41, 5.74) is 3.49. The Bertz CT molecular complexity index is 419. The summed E-state index contributed by atoms with van der Waals surface area (Å²) >= 11 is 0. The van der Waals surface area contributed by atoms with Crippen molar-refractivity contribution in [2.45, 2.75) is 45.1 Å². The first-order chi connectivity index (χ1) is 8.65. The summed E-state index contributed by atoms with van der Waals surface area (Å²) in [7, 11) is 0. The smallest absolute Gasteiger partial charge is 0.148 e. The van der Waals surface area contributed by atoms with Crippen molar-refractivity contribution in [3.8, 4) is 0 Å². The number of hydrazine groups is 1. The predicted octanol–water partition coefficient (Wildman–Crippen LogP) is 1.13. The van der Waals surface area contributed by atoms with Gasteiger partial charge in [0.25, 0.3) is 0 Å². The normalized spacial score (nSPS) is 16.4. The van der Waals surface area contributed by atoms with Crippen molar-refractivity contribution in [1.82, 2.24) is 9.97 Å². The van der Waals surface area contributed by atoms with Gasteiger partial charge in [-0.2, -0.15) is 0 Å². The Kier molecular flexibility index (Phi) is 3.98. The zero-order valence-electron chi connectivity index (χ0n) is 10.9. The van der Waals surface area contributed by atoms with Crippen molar-refractivity contribution in [2.75, 3.05) is 17.3 Å². The molecule has 5 N–H and O–H groups in total. The lowest BCUT2D eigenvalue weighted by atomic mass is 10.2. The minimum atomic E-state index is -0.363. The fourth-order valence-electron chi connectivity index (χ4n) is 1.73. The number of nitrogen functional groups attached to an aromatic ring is 1. The van der Waals surface area contributed by atoms with E-state index in [1.807, 2.05) is 13.8 Å². The first-order valence-corrected chi connectivity index (χ1v) is 6.42. The summed E-state index contributed by atoms with van der Waals surface area (Å²) in [5.74, 6) is 8.19. The summed E-state index contributed by atoms with van der Waals surface area (Å²) in [6.07, 6.45) is 2.64. The Morgan fingerprint density at radius 2 is 2.06 bits per heavy atom. The molecule has 1 heterocycles. The molecule has 0 amide bonds. The van der Waals surface area contributed by atoms with Crippen LogP contribution in [0.1, 0.15) is 43.5 Å². The highest BCUT2D eigenvalue weighted by atomic mass is 16.3. The van der Waals surface area contributed by atoms with Crippen molar-refractivity contribution in [2.24, 2.45) is 5.84 Å². The number of nitrogens with two attached hydrogens (primary N) is 1. The Hall–Kier alpha value is -1.40. The van der Waals surface area contributed by atoms with Gasteiger partial charge in [-0.1, -0.05) is 6.92 Å². The Balaban J connectivity index is 2.18. The van der Waals surface area contributed by atoms with E-state index in [1.165, 1.54) is 0 Å². The van der Waals surface area contributed by atoms with Crippen LogP contribution in [0, 0.1) is 6.92 Å². The number of aliphatic hydroxyl groups is 1. The molecule has 1 aromatic heterocycles. The summed E-state index contributed by atoms with van der Waals surface area (Å²) in [4.78, 5) is 8.93. The van der Waals surface area contributed by atoms with E-state index in [-0.39, 0.29) is 6.10 Å². The van der Waals surface area contributed by atoms with Gasteiger partial charge >= 0.3 is 0 Å². The van der Waals surface area contributed by atoms with E-state index in [2.05, 4.69) is 20.7 Å². The van der Waals surface area contributed by atoms with E-state index >= 15 is 0 Å². The van der Waals surface area contributed by atoms with Gasteiger partial charge in [-0.25, -0.2) is 15.8 Å². The number of anilines is 2. The standard InChI is InChI=1S/C12H21N5O/c1-3-9(18)6-14-10-7(2)11(17-13)16-12(15-10)8-4-5-8/h8-9,18H,3-6,13H2,1-2H3,(H2,14,15,16,17). The zero-order valence-corrected chi connectivity index (χ0v) is 10.9. The average molecular weight is 251 g/mol. The maximum absolute atomic E-state index is 9.58. The summed E-state index contributed by atoms with van der Waals surface area (Å²) in [6, 6.07) is 0. The Morgan fingerprint density at radius 1 is 1.39 bits per heavy atom. The number of aliphatic hydroxyl groups excluding tert-OH is 1. The molecule has 1 aliphatic rings. The van der Waals surface area contributed by atoms with Crippen LogP contribution in [0.15, 0.2) is 0 Å². The van der Waals surface area contributed by atoms with E-state index in [0.29, 0.717) is 24.7 Å². The third-order valence-electron chi connectivity index (χ3n) is 3.22. The van der Waals surface area contributed by atoms with Crippen molar-refractivity contribution in [1.29, 1.82) is 0 Å². The molecule has 0 aromatic carbocycles. The molecule has 18 heavy (non-hydrogen) atoms. The van der Waals surface area contributed by atoms with Gasteiger partial charge in [-0.15, -0.1) is 0 Å². The second-order valence-corrected chi connectivity index (χ2v) is 4.77. The summed E-state index contributed by atoms with van der Waals surface area (Å²) in [5, 5.41) is 12.7. The van der Waals surface area contributed by atoms with Gasteiger partial charge in [-0.05, 0) is 26.2 Å². The highest BCUT2D eigenvalue weighted by molar-refractivity contribution is 5.57. The monoisotopic (exact) mass is 251 g/mol. The fraction of sp³-hybridized carbons (Fsp3) is 0.667. The van der Waals surface area contributed by atoms with E-state index < -0.39 is 0 Å². The van der Waals surface area contributed by atoms with Crippen LogP contribution in [-0.2, 0) is 0 Å². The molecule has 1 unspecified atom stereocenters. The summed E-state index contributed by atoms with van der Waals surface area (Å²) < 4.78 is 0. The predicted molar refractivity (Wildman–Crippen MR) is 71.3 cm³/mol. The molecular weight excluding hydrogens is 230 g/mol. The molecule has 1 aliphatic carbocycles. The lowest BCUT2D eigenvalue weighted by molar-refractivity contribution is 0.183. The van der Waals surface area contributed by atoms with Crippen molar-refractivity contribution < 1.29 is 5.11 Å². The maximum atomic E-state index is 9.58. The van der Waals surface area contributed by atoms with Crippen molar-refractivity contribution in [3.63, 3.8) is 0 Å². The number of aromatic nitrogens is 2. The number of rotatable bonds is 6. The quantitative estimate of drug-likeness (QED) is 0.447. The molecule has 6 heteroatoms. The molecule has 100 valence electrons. The van der Waals surface area contributed by atoms with Crippen LogP contribution >= 0.6 is 0 Å². The number of hydrogen-bond donors (Lipinski definition) is 4. The number of nitrogens with zero attached hydrogens (tertiary/aromatic N) is 2. The number of hydrogen-bond acceptors (Lipinski definition) is 6. The maximum Gasteiger partial charge on any atom is 0.148 e. The molecule has 1 aromatic rings. The molecule has 6 nitrogen and oxygen atoms in total. The van der Waals surface area contributed by atoms with Gasteiger partial charge in [0, 0.05) is 18.0 Å². The van der Waals surface area contributed by atoms with Crippen LogP contribution in [0.5, 0.6) is 0 Å². The van der Waals surface area contributed by atoms with Crippen LogP contribution in [-0.4, -0.2) is 27.7 Å². The Labute approximate surface area is 107 Å². The lowest BCUT2D eigenvalue weighted by Crippen LogP contribution is -2.21. The molecule has 1 fully saturated rings. The highest BCUT2D eigenvalue weighted by Gasteiger charge is 2.28. The molecule has 0 aliphatic heterocycles. The average Bonchev–Trinajstić information content (AvgIpc) is 3.21. The first kappa shape index (κ1) is 13.0. The van der Waals surface area contributed by atoms with Gasteiger partial charge in [0.2, 0.25) is 0 Å². The lowest BCUT2D eigenvalue weighted by Gasteiger charge is -2.15. The summed E-state index contributed by atoms with van der Waals surface area (Å²) in [6.45, 7) is 4.34. The number of nitrogens with one attached hydrogen (secondary N) is 2. The second-order valence-electron chi connectivity index (χ2n) is 4.77. The van der Waals surface area contributed by atoms with Crippen molar-refractivity contribution in [3.05, 3.63) is 11.4 Å². The molecular formula is C12H21N5O.